The van der Waals surface area contributed by atoms with E-state index in [0.29, 0.717) is 5.52 Å². The highest BCUT2D eigenvalue weighted by molar-refractivity contribution is 5.86. The highest BCUT2D eigenvalue weighted by Gasteiger charge is 2.10. The Hall–Kier alpha value is -1.97. The van der Waals surface area contributed by atoms with E-state index in [1.807, 2.05) is 27.7 Å². The first-order chi connectivity index (χ1) is 8.29. The van der Waals surface area contributed by atoms with E-state index in [1.54, 1.807) is 30.5 Å². The van der Waals surface area contributed by atoms with Crippen molar-refractivity contribution in [2.75, 3.05) is 0 Å². The van der Waals surface area contributed by atoms with Gasteiger partial charge < -0.3 is 0 Å². The maximum atomic E-state index is 10.6. The van der Waals surface area contributed by atoms with E-state index in [1.165, 1.54) is 6.07 Å². The van der Waals surface area contributed by atoms with Gasteiger partial charge in [0.15, 0.2) is 0 Å². The molecule has 0 atom stereocenters. The van der Waals surface area contributed by atoms with Gasteiger partial charge in [-0.25, -0.2) is 4.98 Å². The van der Waals surface area contributed by atoms with Crippen molar-refractivity contribution in [2.45, 2.75) is 27.7 Å². The van der Waals surface area contributed by atoms with Crippen LogP contribution in [0.3, 0.4) is 0 Å². The first-order valence-electron chi connectivity index (χ1n) is 5.77. The van der Waals surface area contributed by atoms with Crippen molar-refractivity contribution < 1.29 is 4.92 Å². The number of rotatable bonds is 1. The molecule has 1 aromatic carbocycles. The number of nitrogens with zero attached hydrogens (tertiary/aromatic N) is 2. The normalized spacial score (nSPS) is 8.47. The predicted octanol–water partition coefficient (Wildman–Crippen LogP) is 4.20. The minimum Gasteiger partial charge on any atom is -0.258 e. The molecule has 0 spiro atoms. The molecule has 1 heterocycles. The van der Waals surface area contributed by atoms with Crippen LogP contribution in [0.4, 0.5) is 5.69 Å². The number of non-ortho nitro benzene ring substituents is 1. The summed E-state index contributed by atoms with van der Waals surface area (Å²) >= 11 is 0. The summed E-state index contributed by atoms with van der Waals surface area (Å²) in [5.41, 5.74) is 0.494. The largest absolute Gasteiger partial charge is 0.295 e. The summed E-state index contributed by atoms with van der Waals surface area (Å²) in [5.74, 6) is 0. The average molecular weight is 234 g/mol. The zero-order valence-electron chi connectivity index (χ0n) is 10.7. The van der Waals surface area contributed by atoms with Crippen molar-refractivity contribution in [3.8, 4) is 0 Å². The Morgan fingerprint density at radius 2 is 1.65 bits per heavy atom. The lowest BCUT2D eigenvalue weighted by molar-refractivity contribution is -0.383. The molecule has 0 saturated heterocycles. The van der Waals surface area contributed by atoms with E-state index in [-0.39, 0.29) is 5.69 Å². The molecule has 1 aromatic heterocycles. The summed E-state index contributed by atoms with van der Waals surface area (Å²) in [7, 11) is 0. The van der Waals surface area contributed by atoms with Crippen LogP contribution < -0.4 is 0 Å². The molecule has 4 heteroatoms. The number of benzene rings is 1. The second kappa shape index (κ2) is 8.21. The minimum absolute atomic E-state index is 0.0538. The number of fused-ring (bicyclic) bond motifs is 1. The third-order valence-electron chi connectivity index (χ3n) is 1.81. The molecular weight excluding hydrogens is 216 g/mol. The molecule has 0 bridgehead atoms. The van der Waals surface area contributed by atoms with Crippen molar-refractivity contribution in [3.63, 3.8) is 0 Å². The topological polar surface area (TPSA) is 56.0 Å². The first kappa shape index (κ1) is 15.0. The molecule has 2 aromatic rings. The van der Waals surface area contributed by atoms with Gasteiger partial charge in [0.05, 0.1) is 4.92 Å². The molecule has 0 saturated carbocycles. The summed E-state index contributed by atoms with van der Waals surface area (Å²) in [5, 5.41) is 11.4. The van der Waals surface area contributed by atoms with Crippen molar-refractivity contribution in [2.24, 2.45) is 0 Å². The summed E-state index contributed by atoms with van der Waals surface area (Å²) < 4.78 is 0. The van der Waals surface area contributed by atoms with Gasteiger partial charge in [-0.15, -0.1) is 0 Å². The third kappa shape index (κ3) is 3.83. The predicted molar refractivity (Wildman–Crippen MR) is 71.1 cm³/mol. The molecular formula is C13H18N2O2. The van der Waals surface area contributed by atoms with Gasteiger partial charge in [0, 0.05) is 17.6 Å². The molecule has 92 valence electrons. The molecule has 4 nitrogen and oxygen atoms in total. The number of para-hydroxylation sites is 1. The number of pyridine rings is 1. The Labute approximate surface area is 101 Å². The molecule has 0 radical (unpaired) electrons. The van der Waals surface area contributed by atoms with E-state index in [0.717, 1.165) is 5.39 Å². The lowest BCUT2D eigenvalue weighted by Gasteiger charge is -1.96. The standard InChI is InChI=1S/C9H6N2O2.2C2H6/c12-11(13)8-5-1-3-7-4-2-6-10-9(7)8;2*1-2/h1-6H;2*1-2H3. The summed E-state index contributed by atoms with van der Waals surface area (Å²) in [6, 6.07) is 8.47. The third-order valence-corrected chi connectivity index (χ3v) is 1.81. The maximum Gasteiger partial charge on any atom is 0.295 e. The molecule has 0 fully saturated rings. The van der Waals surface area contributed by atoms with Crippen molar-refractivity contribution in [1.82, 2.24) is 4.98 Å². The Morgan fingerprint density at radius 3 is 2.24 bits per heavy atom. The monoisotopic (exact) mass is 234 g/mol. The van der Waals surface area contributed by atoms with Gasteiger partial charge in [-0.3, -0.25) is 10.1 Å². The van der Waals surface area contributed by atoms with Crippen LogP contribution in [0.2, 0.25) is 0 Å². The minimum atomic E-state index is -0.421. The van der Waals surface area contributed by atoms with Gasteiger partial charge in [0.25, 0.3) is 5.69 Å². The van der Waals surface area contributed by atoms with E-state index >= 15 is 0 Å². The Morgan fingerprint density at radius 1 is 1.06 bits per heavy atom. The summed E-state index contributed by atoms with van der Waals surface area (Å²) in [4.78, 5) is 14.1. The van der Waals surface area contributed by atoms with Crippen LogP contribution in [0.15, 0.2) is 36.5 Å². The second-order valence-electron chi connectivity index (χ2n) is 2.61. The van der Waals surface area contributed by atoms with Gasteiger partial charge in [0.1, 0.15) is 5.52 Å². The number of nitro groups is 1. The van der Waals surface area contributed by atoms with Crippen LogP contribution in [-0.2, 0) is 0 Å². The van der Waals surface area contributed by atoms with Gasteiger partial charge in [-0.2, -0.15) is 0 Å². The fourth-order valence-corrected chi connectivity index (χ4v) is 1.24. The van der Waals surface area contributed by atoms with Crippen molar-refractivity contribution in [1.29, 1.82) is 0 Å². The molecule has 17 heavy (non-hydrogen) atoms. The van der Waals surface area contributed by atoms with Gasteiger partial charge in [-0.05, 0) is 6.07 Å². The number of aromatic nitrogens is 1. The van der Waals surface area contributed by atoms with E-state index in [4.69, 9.17) is 0 Å². The van der Waals surface area contributed by atoms with Crippen molar-refractivity contribution >= 4 is 16.6 Å². The van der Waals surface area contributed by atoms with Crippen molar-refractivity contribution in [3.05, 3.63) is 46.6 Å². The van der Waals surface area contributed by atoms with Crippen LogP contribution in [0.1, 0.15) is 27.7 Å². The summed E-state index contributed by atoms with van der Waals surface area (Å²) in [6.45, 7) is 8.00. The second-order valence-corrected chi connectivity index (χ2v) is 2.61. The zero-order valence-corrected chi connectivity index (χ0v) is 10.7. The zero-order chi connectivity index (χ0) is 13.3. The Kier molecular flexibility index (Phi) is 7.26. The van der Waals surface area contributed by atoms with Gasteiger partial charge >= 0.3 is 0 Å². The molecule has 0 N–H and O–H groups in total. The highest BCUT2D eigenvalue weighted by Crippen LogP contribution is 2.21. The summed E-state index contributed by atoms with van der Waals surface area (Å²) in [6.07, 6.45) is 1.55. The van der Waals surface area contributed by atoms with E-state index < -0.39 is 4.92 Å². The number of hydrogen-bond acceptors (Lipinski definition) is 3. The lowest BCUT2D eigenvalue weighted by Crippen LogP contribution is -1.90. The molecule has 0 aliphatic heterocycles. The molecule has 0 aliphatic rings. The quantitative estimate of drug-likeness (QED) is 0.549. The van der Waals surface area contributed by atoms with Crippen LogP contribution in [-0.4, -0.2) is 9.91 Å². The number of nitro benzene ring substituents is 1. The Bertz CT molecular complexity index is 464. The van der Waals surface area contributed by atoms with E-state index in [9.17, 15) is 10.1 Å². The Balaban J connectivity index is 0.000000581. The molecule has 0 aliphatic carbocycles. The SMILES string of the molecule is CC.CC.O=[N+]([O-])c1cccc2cccnc12. The average Bonchev–Trinajstić information content (AvgIpc) is 2.42. The van der Waals surface area contributed by atoms with Crippen LogP contribution in [0.5, 0.6) is 0 Å². The van der Waals surface area contributed by atoms with Crippen LogP contribution in [0.25, 0.3) is 10.9 Å². The fraction of sp³-hybridized carbons (Fsp3) is 0.308. The van der Waals surface area contributed by atoms with Gasteiger partial charge in [-0.1, -0.05) is 45.9 Å². The smallest absolute Gasteiger partial charge is 0.258 e. The van der Waals surface area contributed by atoms with Crippen LogP contribution >= 0.6 is 0 Å². The molecule has 0 unspecified atom stereocenters. The highest BCUT2D eigenvalue weighted by atomic mass is 16.6. The number of hydrogen-bond donors (Lipinski definition) is 0. The first-order valence-corrected chi connectivity index (χ1v) is 5.77. The van der Waals surface area contributed by atoms with Gasteiger partial charge in [0.2, 0.25) is 0 Å². The van der Waals surface area contributed by atoms with E-state index in [2.05, 4.69) is 4.98 Å². The lowest BCUT2D eigenvalue weighted by atomic mass is 10.2. The fourth-order valence-electron chi connectivity index (χ4n) is 1.24. The van der Waals surface area contributed by atoms with Crippen LogP contribution in [0, 0.1) is 10.1 Å². The molecule has 2 rings (SSSR count). The molecule has 0 amide bonds. The maximum absolute atomic E-state index is 10.6.